The molecule has 0 fully saturated rings. The Morgan fingerprint density at radius 3 is 2.56 bits per heavy atom. The van der Waals surface area contributed by atoms with Crippen LogP contribution in [0.4, 0.5) is 0 Å². The number of hydrogen-bond donors (Lipinski definition) is 2. The molecule has 0 saturated carbocycles. The van der Waals surface area contributed by atoms with Gasteiger partial charge in [-0.2, -0.15) is 0 Å². The number of rotatable bonds is 2. The lowest BCUT2D eigenvalue weighted by atomic mass is 9.77. The number of carboxylic acids is 1. The van der Waals surface area contributed by atoms with Crippen molar-refractivity contribution in [2.75, 3.05) is 0 Å². The monoisotopic (exact) mass is 220 g/mol. The van der Waals surface area contributed by atoms with Gasteiger partial charge in [0.1, 0.15) is 5.75 Å². The van der Waals surface area contributed by atoms with E-state index in [-0.39, 0.29) is 11.7 Å². The number of hydrogen-bond acceptors (Lipinski definition) is 2. The first-order valence-corrected chi connectivity index (χ1v) is 5.45. The van der Waals surface area contributed by atoms with Crippen LogP contribution in [-0.4, -0.2) is 16.2 Å². The zero-order valence-electron chi connectivity index (χ0n) is 9.53. The molecule has 0 saturated heterocycles. The van der Waals surface area contributed by atoms with Crippen molar-refractivity contribution in [1.29, 1.82) is 0 Å². The topological polar surface area (TPSA) is 57.5 Å². The van der Waals surface area contributed by atoms with Crippen molar-refractivity contribution in [1.82, 2.24) is 0 Å². The van der Waals surface area contributed by atoms with Crippen molar-refractivity contribution in [3.05, 3.63) is 29.3 Å². The van der Waals surface area contributed by atoms with Crippen LogP contribution in [0.25, 0.3) is 0 Å². The summed E-state index contributed by atoms with van der Waals surface area (Å²) in [6.45, 7) is 3.54. The third-order valence-electron chi connectivity index (χ3n) is 3.69. The van der Waals surface area contributed by atoms with E-state index in [1.165, 1.54) is 0 Å². The largest absolute Gasteiger partial charge is 0.508 e. The second-order valence-electron chi connectivity index (χ2n) is 5.09. The molecule has 2 N–H and O–H groups in total. The fourth-order valence-corrected chi connectivity index (χ4v) is 2.29. The van der Waals surface area contributed by atoms with Gasteiger partial charge >= 0.3 is 5.97 Å². The van der Waals surface area contributed by atoms with Gasteiger partial charge < -0.3 is 10.2 Å². The highest BCUT2D eigenvalue weighted by atomic mass is 16.4. The maximum Gasteiger partial charge on any atom is 0.309 e. The molecular formula is C13H16O3. The molecule has 0 bridgehead atoms. The highest BCUT2D eigenvalue weighted by Gasteiger charge is 2.40. The summed E-state index contributed by atoms with van der Waals surface area (Å²) in [5.41, 5.74) is 1.53. The first-order valence-electron chi connectivity index (χ1n) is 5.45. The standard InChI is InChI=1S/C13H16O3/c1-13(2,12(15)16)10-5-8-3-4-11(14)7-9(8)6-10/h3-4,7,10,14H,5-6H2,1-2H3,(H,15,16). The predicted octanol–water partition coefficient (Wildman–Crippen LogP) is 2.22. The zero-order chi connectivity index (χ0) is 11.9. The smallest absolute Gasteiger partial charge is 0.309 e. The molecule has 1 aromatic carbocycles. The summed E-state index contributed by atoms with van der Waals surface area (Å²) in [5, 5.41) is 18.6. The van der Waals surface area contributed by atoms with Gasteiger partial charge in [-0.3, -0.25) is 4.79 Å². The maximum absolute atomic E-state index is 11.2. The highest BCUT2D eigenvalue weighted by molar-refractivity contribution is 5.74. The molecule has 0 spiro atoms. The first kappa shape index (κ1) is 11.0. The normalized spacial score (nSPS) is 19.5. The number of aliphatic carboxylic acids is 1. The summed E-state index contributed by atoms with van der Waals surface area (Å²) in [6, 6.07) is 5.30. The Balaban J connectivity index is 2.26. The van der Waals surface area contributed by atoms with Crippen molar-refractivity contribution < 1.29 is 15.0 Å². The Hall–Kier alpha value is -1.51. The molecule has 3 heteroatoms. The van der Waals surface area contributed by atoms with E-state index in [1.54, 1.807) is 26.0 Å². The molecule has 2 rings (SSSR count). The molecular weight excluding hydrogens is 204 g/mol. The van der Waals surface area contributed by atoms with E-state index in [4.69, 9.17) is 0 Å². The summed E-state index contributed by atoms with van der Waals surface area (Å²) in [5.74, 6) is -0.385. The summed E-state index contributed by atoms with van der Waals surface area (Å²) in [7, 11) is 0. The number of carbonyl (C=O) groups is 1. The molecule has 0 aromatic heterocycles. The van der Waals surface area contributed by atoms with E-state index in [2.05, 4.69) is 0 Å². The van der Waals surface area contributed by atoms with Crippen molar-refractivity contribution >= 4 is 5.97 Å². The second-order valence-corrected chi connectivity index (χ2v) is 5.09. The second kappa shape index (κ2) is 3.51. The molecule has 0 heterocycles. The van der Waals surface area contributed by atoms with Gasteiger partial charge in [0.05, 0.1) is 5.41 Å². The molecule has 1 atom stereocenters. The summed E-state index contributed by atoms with van der Waals surface area (Å²) >= 11 is 0. The minimum absolute atomic E-state index is 0.113. The molecule has 0 radical (unpaired) electrons. The minimum atomic E-state index is -0.755. The molecule has 0 aliphatic heterocycles. The van der Waals surface area contributed by atoms with E-state index >= 15 is 0 Å². The lowest BCUT2D eigenvalue weighted by Gasteiger charge is -2.26. The first-order chi connectivity index (χ1) is 7.41. The van der Waals surface area contributed by atoms with Crippen LogP contribution in [0.15, 0.2) is 18.2 Å². The van der Waals surface area contributed by atoms with Gasteiger partial charge in [-0.25, -0.2) is 0 Å². The number of phenolic OH excluding ortho intramolecular Hbond substituents is 1. The van der Waals surface area contributed by atoms with Crippen LogP contribution < -0.4 is 0 Å². The van der Waals surface area contributed by atoms with E-state index < -0.39 is 11.4 Å². The fraction of sp³-hybridized carbons (Fsp3) is 0.462. The van der Waals surface area contributed by atoms with Crippen molar-refractivity contribution in [3.8, 4) is 5.75 Å². The zero-order valence-corrected chi connectivity index (χ0v) is 9.53. The average molecular weight is 220 g/mol. The van der Waals surface area contributed by atoms with Gasteiger partial charge in [0.25, 0.3) is 0 Å². The summed E-state index contributed by atoms with van der Waals surface area (Å²) < 4.78 is 0. The van der Waals surface area contributed by atoms with Crippen molar-refractivity contribution in [2.24, 2.45) is 11.3 Å². The van der Waals surface area contributed by atoms with Gasteiger partial charge in [0, 0.05) is 0 Å². The third-order valence-corrected chi connectivity index (χ3v) is 3.69. The number of fused-ring (bicyclic) bond motifs is 1. The van der Waals surface area contributed by atoms with E-state index in [0.29, 0.717) is 0 Å². The van der Waals surface area contributed by atoms with Gasteiger partial charge in [-0.1, -0.05) is 6.07 Å². The molecule has 86 valence electrons. The summed E-state index contributed by atoms with van der Waals surface area (Å²) in [6.07, 6.45) is 1.53. The Morgan fingerprint density at radius 1 is 1.31 bits per heavy atom. The Bertz CT molecular complexity index is 435. The van der Waals surface area contributed by atoms with E-state index in [1.807, 2.05) is 6.07 Å². The van der Waals surface area contributed by atoms with E-state index in [0.717, 1.165) is 24.0 Å². The predicted molar refractivity (Wildman–Crippen MR) is 60.4 cm³/mol. The van der Waals surface area contributed by atoms with Crippen LogP contribution in [-0.2, 0) is 17.6 Å². The van der Waals surface area contributed by atoms with Crippen LogP contribution in [0.2, 0.25) is 0 Å². The Kier molecular flexibility index (Phi) is 2.41. The van der Waals surface area contributed by atoms with Gasteiger partial charge in [0.15, 0.2) is 0 Å². The lowest BCUT2D eigenvalue weighted by molar-refractivity contribution is -0.149. The van der Waals surface area contributed by atoms with Crippen LogP contribution in [0, 0.1) is 11.3 Å². The number of phenols is 1. The van der Waals surface area contributed by atoms with Gasteiger partial charge in [-0.15, -0.1) is 0 Å². The third kappa shape index (κ3) is 1.66. The molecule has 0 amide bonds. The van der Waals surface area contributed by atoms with Crippen LogP contribution in [0.1, 0.15) is 25.0 Å². The van der Waals surface area contributed by atoms with Crippen LogP contribution in [0.3, 0.4) is 0 Å². The lowest BCUT2D eigenvalue weighted by Crippen LogP contribution is -2.33. The van der Waals surface area contributed by atoms with Crippen LogP contribution >= 0.6 is 0 Å². The quantitative estimate of drug-likeness (QED) is 0.803. The Morgan fingerprint density at radius 2 is 1.94 bits per heavy atom. The molecule has 16 heavy (non-hydrogen) atoms. The van der Waals surface area contributed by atoms with E-state index in [9.17, 15) is 15.0 Å². The minimum Gasteiger partial charge on any atom is -0.508 e. The number of benzene rings is 1. The number of aromatic hydroxyl groups is 1. The van der Waals surface area contributed by atoms with Crippen molar-refractivity contribution in [2.45, 2.75) is 26.7 Å². The average Bonchev–Trinajstić information content (AvgIpc) is 2.60. The maximum atomic E-state index is 11.2. The van der Waals surface area contributed by atoms with Crippen LogP contribution in [0.5, 0.6) is 5.75 Å². The highest BCUT2D eigenvalue weighted by Crippen LogP contribution is 2.39. The molecule has 1 aliphatic rings. The molecule has 3 nitrogen and oxygen atoms in total. The Labute approximate surface area is 94.7 Å². The SMILES string of the molecule is CC(C)(C(=O)O)C1Cc2ccc(O)cc2C1. The molecule has 1 aliphatic carbocycles. The van der Waals surface area contributed by atoms with Gasteiger partial charge in [-0.05, 0) is 55.9 Å². The number of carboxylic acid groups (broad SMARTS) is 1. The van der Waals surface area contributed by atoms with Crippen molar-refractivity contribution in [3.63, 3.8) is 0 Å². The van der Waals surface area contributed by atoms with Gasteiger partial charge in [0.2, 0.25) is 0 Å². The summed E-state index contributed by atoms with van der Waals surface area (Å²) in [4.78, 5) is 11.2. The molecule has 1 unspecified atom stereocenters. The fourth-order valence-electron chi connectivity index (χ4n) is 2.29. The molecule has 1 aromatic rings.